The number of aromatic hydroxyl groups is 2. The third-order valence-electron chi connectivity index (χ3n) is 5.46. The van der Waals surface area contributed by atoms with Gasteiger partial charge in [0.25, 0.3) is 0 Å². The first-order chi connectivity index (χ1) is 12.8. The molecule has 0 heterocycles. The van der Waals surface area contributed by atoms with Crippen molar-refractivity contribution in [1.29, 1.82) is 0 Å². The molecule has 0 radical (unpaired) electrons. The topological polar surface area (TPSA) is 77.8 Å². The lowest BCUT2D eigenvalue weighted by Gasteiger charge is -2.32. The Balaban J connectivity index is 2.61. The van der Waals surface area contributed by atoms with Crippen molar-refractivity contribution >= 4 is 5.97 Å². The lowest BCUT2D eigenvalue weighted by atomic mass is 9.73. The second-order valence-corrected chi connectivity index (χ2v) is 7.42. The molecule has 0 saturated heterocycles. The van der Waals surface area contributed by atoms with Crippen molar-refractivity contribution < 1.29 is 20.1 Å². The third kappa shape index (κ3) is 4.44. The summed E-state index contributed by atoms with van der Waals surface area (Å²) in [5.41, 5.74) is 2.63. The van der Waals surface area contributed by atoms with Crippen LogP contribution in [0.15, 0.2) is 42.5 Å². The quantitative estimate of drug-likeness (QED) is 0.404. The average Bonchev–Trinajstić information content (AvgIpc) is 2.61. The fraction of sp³-hybridized carbons (Fsp3) is 0.435. The van der Waals surface area contributed by atoms with Crippen LogP contribution in [0.1, 0.15) is 73.4 Å². The van der Waals surface area contributed by atoms with Crippen molar-refractivity contribution in [3.05, 3.63) is 59.2 Å². The highest BCUT2D eigenvalue weighted by Crippen LogP contribution is 2.48. The molecule has 0 aliphatic heterocycles. The molecule has 1 aliphatic rings. The number of unbranched alkanes of at least 4 members (excludes halogenated alkanes) is 2. The van der Waals surface area contributed by atoms with Crippen molar-refractivity contribution in [2.75, 3.05) is 0 Å². The number of carbonyl (C=O) groups is 1. The maximum absolute atomic E-state index is 11.9. The third-order valence-corrected chi connectivity index (χ3v) is 5.46. The van der Waals surface area contributed by atoms with Crippen LogP contribution in [0.2, 0.25) is 0 Å². The standard InChI is InChI=1S/C23H30O4/c1-5-7-8-9-16-13-19(24)21(22(25)20(16)23(26)27)18-12-15(6-2)10-11-17(18)14(3)4/h6,12-13,17-18,24-25H,2-3,5,7-11H2,1,4H3,(H,26,27). The smallest absolute Gasteiger partial charge is 0.339 e. The summed E-state index contributed by atoms with van der Waals surface area (Å²) in [6, 6.07) is 1.51. The van der Waals surface area contributed by atoms with Crippen molar-refractivity contribution in [3.63, 3.8) is 0 Å². The highest BCUT2D eigenvalue weighted by Gasteiger charge is 2.33. The van der Waals surface area contributed by atoms with Crippen LogP contribution in [0.25, 0.3) is 0 Å². The number of carboxylic acids is 1. The van der Waals surface area contributed by atoms with E-state index in [2.05, 4.69) is 20.1 Å². The first-order valence-corrected chi connectivity index (χ1v) is 9.61. The first-order valence-electron chi connectivity index (χ1n) is 9.61. The van der Waals surface area contributed by atoms with E-state index in [9.17, 15) is 20.1 Å². The molecule has 3 N–H and O–H groups in total. The van der Waals surface area contributed by atoms with Crippen LogP contribution < -0.4 is 0 Å². The average molecular weight is 370 g/mol. The van der Waals surface area contributed by atoms with E-state index in [1.807, 2.05) is 13.0 Å². The zero-order chi connectivity index (χ0) is 20.1. The molecular formula is C23H30O4. The number of phenols is 2. The van der Waals surface area contributed by atoms with E-state index in [0.717, 1.165) is 43.3 Å². The zero-order valence-electron chi connectivity index (χ0n) is 16.3. The number of rotatable bonds is 8. The van der Waals surface area contributed by atoms with E-state index >= 15 is 0 Å². The van der Waals surface area contributed by atoms with Gasteiger partial charge in [0.1, 0.15) is 17.1 Å². The lowest BCUT2D eigenvalue weighted by molar-refractivity contribution is 0.0692. The number of hydrogen-bond donors (Lipinski definition) is 3. The van der Waals surface area contributed by atoms with E-state index < -0.39 is 5.97 Å². The Kier molecular flexibility index (Phi) is 6.89. The summed E-state index contributed by atoms with van der Waals surface area (Å²) in [7, 11) is 0. The van der Waals surface area contributed by atoms with Crippen LogP contribution in [-0.2, 0) is 6.42 Å². The minimum Gasteiger partial charge on any atom is -0.507 e. The molecule has 1 aromatic carbocycles. The van der Waals surface area contributed by atoms with Gasteiger partial charge >= 0.3 is 5.97 Å². The Bertz CT molecular complexity index is 773. The van der Waals surface area contributed by atoms with Gasteiger partial charge < -0.3 is 15.3 Å². The SMILES string of the molecule is C=CC1=CC(c2c(O)cc(CCCCC)c(C(=O)O)c2O)C(C(=C)C)CC1. The summed E-state index contributed by atoms with van der Waals surface area (Å²) in [6.07, 6.45) is 8.70. The van der Waals surface area contributed by atoms with E-state index in [1.54, 1.807) is 6.08 Å². The molecular weight excluding hydrogens is 340 g/mol. The van der Waals surface area contributed by atoms with Gasteiger partial charge in [-0.25, -0.2) is 4.79 Å². The molecule has 2 rings (SSSR count). The molecule has 0 spiro atoms. The molecule has 0 bridgehead atoms. The predicted molar refractivity (Wildman–Crippen MR) is 109 cm³/mol. The zero-order valence-corrected chi connectivity index (χ0v) is 16.3. The highest BCUT2D eigenvalue weighted by atomic mass is 16.4. The minimum absolute atomic E-state index is 0.0260. The van der Waals surface area contributed by atoms with E-state index in [-0.39, 0.29) is 34.5 Å². The van der Waals surface area contributed by atoms with Crippen molar-refractivity contribution in [3.8, 4) is 11.5 Å². The van der Waals surface area contributed by atoms with Crippen molar-refractivity contribution in [1.82, 2.24) is 0 Å². The van der Waals surface area contributed by atoms with Gasteiger partial charge in [-0.3, -0.25) is 0 Å². The molecule has 4 heteroatoms. The summed E-state index contributed by atoms with van der Waals surface area (Å²) in [4.78, 5) is 11.9. The maximum atomic E-state index is 11.9. The fourth-order valence-electron chi connectivity index (χ4n) is 3.99. The first kappa shape index (κ1) is 20.8. The molecule has 27 heavy (non-hydrogen) atoms. The van der Waals surface area contributed by atoms with Crippen LogP contribution in [-0.4, -0.2) is 21.3 Å². The molecule has 0 amide bonds. The molecule has 1 aromatic rings. The Morgan fingerprint density at radius 2 is 2.04 bits per heavy atom. The van der Waals surface area contributed by atoms with E-state index in [0.29, 0.717) is 12.0 Å². The molecule has 2 atom stereocenters. The largest absolute Gasteiger partial charge is 0.507 e. The Labute approximate surface area is 161 Å². The van der Waals surface area contributed by atoms with Gasteiger partial charge in [0.15, 0.2) is 0 Å². The van der Waals surface area contributed by atoms with Gasteiger partial charge in [-0.2, -0.15) is 0 Å². The summed E-state index contributed by atoms with van der Waals surface area (Å²) in [5.74, 6) is -1.85. The van der Waals surface area contributed by atoms with Gasteiger partial charge in [0.2, 0.25) is 0 Å². The van der Waals surface area contributed by atoms with Crippen LogP contribution >= 0.6 is 0 Å². The highest BCUT2D eigenvalue weighted by molar-refractivity contribution is 5.94. The number of allylic oxidation sites excluding steroid dienone is 4. The maximum Gasteiger partial charge on any atom is 0.339 e. The Morgan fingerprint density at radius 3 is 2.59 bits per heavy atom. The van der Waals surface area contributed by atoms with Gasteiger partial charge in [0.05, 0.1) is 0 Å². The molecule has 2 unspecified atom stereocenters. The summed E-state index contributed by atoms with van der Waals surface area (Å²) < 4.78 is 0. The number of carboxylic acid groups (broad SMARTS) is 1. The van der Waals surface area contributed by atoms with E-state index in [4.69, 9.17) is 0 Å². The number of hydrogen-bond acceptors (Lipinski definition) is 3. The second kappa shape index (κ2) is 8.94. The summed E-state index contributed by atoms with van der Waals surface area (Å²) in [5, 5.41) is 31.3. The number of benzene rings is 1. The molecule has 0 fully saturated rings. The molecule has 146 valence electrons. The van der Waals surface area contributed by atoms with Crippen molar-refractivity contribution in [2.24, 2.45) is 5.92 Å². The van der Waals surface area contributed by atoms with Gasteiger partial charge in [-0.1, -0.05) is 56.2 Å². The van der Waals surface area contributed by atoms with Gasteiger partial charge in [0, 0.05) is 11.5 Å². The van der Waals surface area contributed by atoms with Gasteiger partial charge in [-0.05, 0) is 50.2 Å². The van der Waals surface area contributed by atoms with Crippen molar-refractivity contribution in [2.45, 2.75) is 58.3 Å². The Hall–Kier alpha value is -2.49. The van der Waals surface area contributed by atoms with Gasteiger partial charge in [-0.15, -0.1) is 0 Å². The predicted octanol–water partition coefficient (Wildman–Crippen LogP) is 5.71. The number of aryl methyl sites for hydroxylation is 1. The Morgan fingerprint density at radius 1 is 1.33 bits per heavy atom. The van der Waals surface area contributed by atoms with Crippen LogP contribution in [0, 0.1) is 5.92 Å². The van der Waals surface area contributed by atoms with Crippen LogP contribution in [0.3, 0.4) is 0 Å². The second-order valence-electron chi connectivity index (χ2n) is 7.42. The normalized spacial score (nSPS) is 19.4. The summed E-state index contributed by atoms with van der Waals surface area (Å²) >= 11 is 0. The van der Waals surface area contributed by atoms with E-state index in [1.165, 1.54) is 6.07 Å². The minimum atomic E-state index is -1.17. The number of phenolic OH excluding ortho intramolecular Hbond substituents is 1. The summed E-state index contributed by atoms with van der Waals surface area (Å²) in [6.45, 7) is 11.9. The fourth-order valence-corrected chi connectivity index (χ4v) is 3.99. The molecule has 0 saturated carbocycles. The van der Waals surface area contributed by atoms with Crippen LogP contribution in [0.4, 0.5) is 0 Å². The lowest BCUT2D eigenvalue weighted by Crippen LogP contribution is -2.18. The molecule has 0 aromatic heterocycles. The molecule has 4 nitrogen and oxygen atoms in total. The monoisotopic (exact) mass is 370 g/mol. The number of aromatic carboxylic acids is 1. The molecule has 1 aliphatic carbocycles. The van der Waals surface area contributed by atoms with Crippen LogP contribution in [0.5, 0.6) is 11.5 Å².